The van der Waals surface area contributed by atoms with Gasteiger partial charge in [-0.2, -0.15) is 0 Å². The Morgan fingerprint density at radius 3 is 1.79 bits per heavy atom. The van der Waals surface area contributed by atoms with Gasteiger partial charge >= 0.3 is 0 Å². The van der Waals surface area contributed by atoms with Gasteiger partial charge in [-0.25, -0.2) is 4.99 Å². The summed E-state index contributed by atoms with van der Waals surface area (Å²) in [4.78, 5) is 4.20. The number of nitrogens with zero attached hydrogens (tertiary/aromatic N) is 2. The number of nitrogens with one attached hydrogen (secondary N) is 1. The Hall–Kier alpha value is -9.28. The number of nitrogens with two attached hydrogens (primary N) is 1. The van der Waals surface area contributed by atoms with E-state index in [1.807, 2.05) is 133 Å². The number of aliphatic imine (C=N–C) groups is 1. The molecule has 0 saturated carbocycles. The maximum absolute atomic E-state index is 11.0. The number of hydrogen-bond acceptors (Lipinski definition) is 7. The molecular formula is C57H40N4O6. The number of aromatic nitrogens is 1. The lowest BCUT2D eigenvalue weighted by Crippen LogP contribution is -2.15. The van der Waals surface area contributed by atoms with Gasteiger partial charge in [-0.3, -0.25) is 5.41 Å². The zero-order chi connectivity index (χ0) is 46.1. The molecule has 0 atom stereocenters. The number of amidine groups is 2. The van der Waals surface area contributed by atoms with Crippen molar-refractivity contribution in [1.82, 2.24) is 4.57 Å². The number of phenolic OH excluding ortho intramolecular Hbond substituents is 5. The molecule has 67 heavy (non-hydrogen) atoms. The van der Waals surface area contributed by atoms with Crippen LogP contribution in [0.1, 0.15) is 16.7 Å². The third-order valence-electron chi connectivity index (χ3n) is 12.6. The van der Waals surface area contributed by atoms with Crippen LogP contribution < -0.4 is 5.73 Å². The smallest absolute Gasteiger partial charge is 0.208 e. The Morgan fingerprint density at radius 2 is 1.06 bits per heavy atom. The van der Waals surface area contributed by atoms with E-state index in [4.69, 9.17) is 15.6 Å². The molecule has 0 spiro atoms. The average molecular weight is 877 g/mol. The van der Waals surface area contributed by atoms with E-state index in [1.54, 1.807) is 4.57 Å². The maximum atomic E-state index is 11.0. The molecule has 0 fully saturated rings. The van der Waals surface area contributed by atoms with Crippen LogP contribution in [0.3, 0.4) is 0 Å². The Balaban J connectivity index is 0.000000182. The molecule has 10 aromatic carbocycles. The molecule has 12 aromatic rings. The molecule has 0 unspecified atom stereocenters. The van der Waals surface area contributed by atoms with Crippen molar-refractivity contribution in [2.24, 2.45) is 10.7 Å². The quantitative estimate of drug-likeness (QED) is 0.0295. The van der Waals surface area contributed by atoms with Crippen molar-refractivity contribution >= 4 is 77.0 Å². The second-order valence-corrected chi connectivity index (χ2v) is 16.5. The van der Waals surface area contributed by atoms with Crippen molar-refractivity contribution in [3.05, 3.63) is 193 Å². The van der Waals surface area contributed by atoms with Gasteiger partial charge in [-0.1, -0.05) is 146 Å². The van der Waals surface area contributed by atoms with Crippen LogP contribution in [0, 0.1) is 12.3 Å². The Morgan fingerprint density at radius 1 is 0.478 bits per heavy atom. The number of phenols is 5. The second kappa shape index (κ2) is 15.8. The minimum atomic E-state index is -0.998. The third kappa shape index (κ3) is 6.49. The first-order valence-corrected chi connectivity index (χ1v) is 21.5. The summed E-state index contributed by atoms with van der Waals surface area (Å²) in [6.07, 6.45) is 0. The van der Waals surface area contributed by atoms with Crippen LogP contribution in [0.2, 0.25) is 0 Å². The molecule has 324 valence electrons. The summed E-state index contributed by atoms with van der Waals surface area (Å²) in [5, 5.41) is 69.0. The molecule has 0 amide bonds. The molecule has 2 heterocycles. The van der Waals surface area contributed by atoms with E-state index in [0.717, 1.165) is 93.2 Å². The van der Waals surface area contributed by atoms with Crippen molar-refractivity contribution in [1.29, 1.82) is 5.41 Å². The van der Waals surface area contributed by atoms with Gasteiger partial charge < -0.3 is 40.3 Å². The summed E-state index contributed by atoms with van der Waals surface area (Å²) in [7, 11) is 0. The monoisotopic (exact) mass is 876 g/mol. The topological polar surface area (TPSA) is 181 Å². The van der Waals surface area contributed by atoms with E-state index in [2.05, 4.69) is 54.4 Å². The zero-order valence-electron chi connectivity index (χ0n) is 35.9. The molecule has 0 bridgehead atoms. The normalized spacial score (nSPS) is 11.9. The lowest BCUT2D eigenvalue weighted by molar-refractivity contribution is 0.327. The number of benzene rings is 10. The summed E-state index contributed by atoms with van der Waals surface area (Å²) >= 11 is 0. The molecule has 0 aliphatic rings. The molecule has 10 nitrogen and oxygen atoms in total. The Labute approximate surface area is 382 Å². The second-order valence-electron chi connectivity index (χ2n) is 16.5. The van der Waals surface area contributed by atoms with Gasteiger partial charge in [0.2, 0.25) is 17.2 Å². The Kier molecular flexibility index (Phi) is 9.52. The molecule has 0 aliphatic carbocycles. The summed E-state index contributed by atoms with van der Waals surface area (Å²) in [6, 6.07) is 57.6. The van der Waals surface area contributed by atoms with Crippen LogP contribution in [0.4, 0.5) is 0 Å². The number of furan rings is 1. The van der Waals surface area contributed by atoms with Crippen LogP contribution in [0.15, 0.2) is 185 Å². The van der Waals surface area contributed by atoms with Crippen molar-refractivity contribution in [3.63, 3.8) is 0 Å². The zero-order valence-corrected chi connectivity index (χ0v) is 35.9. The minimum Gasteiger partial charge on any atom is -0.503 e. The van der Waals surface area contributed by atoms with Gasteiger partial charge in [0.15, 0.2) is 17.3 Å². The van der Waals surface area contributed by atoms with Crippen LogP contribution in [0.25, 0.3) is 93.2 Å². The molecule has 0 radical (unpaired) electrons. The first-order chi connectivity index (χ1) is 32.6. The van der Waals surface area contributed by atoms with Gasteiger partial charge in [0.1, 0.15) is 22.7 Å². The standard InChI is InChI=1S/C37H23NO6.C20H17N3/c1-17-6-4-11-27-28(17)23-16-18(12-15-26(23)44-27)19-13-14-25-31-29(19)21-8-3-2-7-20(21)22-9-5-10-24(30(22)31)38(25)32-33(39)35(41)37(43)36(42)34(32)40;21-19(17-9-5-2-6-10-17)23-20(22)18-13-11-16(12-14-18)15-7-3-1-4-8-15/h2-16,39-43H,1H3;1-14H,(H3,21,22,23). The largest absolute Gasteiger partial charge is 0.503 e. The van der Waals surface area contributed by atoms with E-state index in [-0.39, 0.29) is 11.5 Å². The lowest BCUT2D eigenvalue weighted by Gasteiger charge is -2.15. The van der Waals surface area contributed by atoms with Crippen LogP contribution in [-0.4, -0.2) is 41.8 Å². The fraction of sp³-hybridized carbons (Fsp3) is 0.0175. The highest BCUT2D eigenvalue weighted by molar-refractivity contribution is 6.37. The van der Waals surface area contributed by atoms with Gasteiger partial charge in [-0.05, 0) is 81.2 Å². The first-order valence-electron chi connectivity index (χ1n) is 21.5. The molecular weight excluding hydrogens is 837 g/mol. The highest BCUT2D eigenvalue weighted by Crippen LogP contribution is 2.55. The van der Waals surface area contributed by atoms with E-state index in [0.29, 0.717) is 16.9 Å². The summed E-state index contributed by atoms with van der Waals surface area (Å²) in [6.45, 7) is 2.08. The molecule has 0 saturated heterocycles. The lowest BCUT2D eigenvalue weighted by atomic mass is 9.89. The van der Waals surface area contributed by atoms with E-state index in [1.165, 1.54) is 0 Å². The van der Waals surface area contributed by atoms with Gasteiger partial charge in [0, 0.05) is 38.1 Å². The molecule has 2 aromatic heterocycles. The number of aromatic hydroxyl groups is 5. The van der Waals surface area contributed by atoms with Crippen LogP contribution in [0.5, 0.6) is 28.7 Å². The molecule has 12 rings (SSSR count). The molecule has 0 aliphatic heterocycles. The van der Waals surface area contributed by atoms with Gasteiger partial charge in [0.05, 0.1) is 11.0 Å². The fourth-order valence-corrected chi connectivity index (χ4v) is 9.44. The predicted octanol–water partition coefficient (Wildman–Crippen LogP) is 13.0. The highest BCUT2D eigenvalue weighted by Gasteiger charge is 2.29. The van der Waals surface area contributed by atoms with Crippen molar-refractivity contribution in [2.45, 2.75) is 6.92 Å². The van der Waals surface area contributed by atoms with Crippen molar-refractivity contribution < 1.29 is 29.9 Å². The van der Waals surface area contributed by atoms with Gasteiger partial charge in [-0.15, -0.1) is 0 Å². The van der Waals surface area contributed by atoms with Crippen molar-refractivity contribution in [3.8, 4) is 56.7 Å². The van der Waals surface area contributed by atoms with E-state index in [9.17, 15) is 25.5 Å². The van der Waals surface area contributed by atoms with E-state index < -0.39 is 28.7 Å². The Bertz CT molecular complexity index is 3920. The fourth-order valence-electron chi connectivity index (χ4n) is 9.44. The number of fused-ring (bicyclic) bond motifs is 6. The summed E-state index contributed by atoms with van der Waals surface area (Å²) in [5.74, 6) is -3.84. The maximum Gasteiger partial charge on any atom is 0.208 e. The number of rotatable bonds is 5. The van der Waals surface area contributed by atoms with E-state index >= 15 is 0 Å². The van der Waals surface area contributed by atoms with Crippen molar-refractivity contribution in [2.75, 3.05) is 0 Å². The number of hydrogen-bond donors (Lipinski definition) is 7. The average Bonchev–Trinajstić information content (AvgIpc) is 3.92. The number of aryl methyl sites for hydroxylation is 1. The summed E-state index contributed by atoms with van der Waals surface area (Å²) < 4.78 is 7.79. The van der Waals surface area contributed by atoms with Crippen LogP contribution in [-0.2, 0) is 0 Å². The third-order valence-corrected chi connectivity index (χ3v) is 12.6. The highest BCUT2D eigenvalue weighted by atomic mass is 16.4. The first kappa shape index (κ1) is 40.5. The SMILES string of the molecule is Cc1cccc2oc3ccc(-c4ccc5c6c4c4ccccc4c4cccc(c46)n5-c4c(O)c(O)c(O)c(O)c4O)cc3c12.N=C(N=C(N)c1ccc(-c2ccccc2)cc1)c1ccccc1. The van der Waals surface area contributed by atoms with Gasteiger partial charge in [0.25, 0.3) is 0 Å². The molecule has 10 heteroatoms. The predicted molar refractivity (Wildman–Crippen MR) is 269 cm³/mol. The minimum absolute atomic E-state index is 0.162. The van der Waals surface area contributed by atoms with Crippen LogP contribution >= 0.6 is 0 Å². The molecule has 8 N–H and O–H groups in total. The summed E-state index contributed by atoms with van der Waals surface area (Å²) in [5.41, 5.74) is 15.7.